The highest BCUT2D eigenvalue weighted by Crippen LogP contribution is 2.30. The first-order chi connectivity index (χ1) is 9.37. The van der Waals surface area contributed by atoms with Crippen LogP contribution in [0, 0.1) is 13.8 Å². The fourth-order valence-corrected chi connectivity index (χ4v) is 2.33. The summed E-state index contributed by atoms with van der Waals surface area (Å²) in [5, 5.41) is 14.4. The predicted octanol–water partition coefficient (Wildman–Crippen LogP) is 1.82. The molecule has 0 bridgehead atoms. The summed E-state index contributed by atoms with van der Waals surface area (Å²) in [5.41, 5.74) is 0.760. The van der Waals surface area contributed by atoms with Crippen LogP contribution in [0.15, 0.2) is 10.9 Å². The Morgan fingerprint density at radius 1 is 1.45 bits per heavy atom. The Labute approximate surface area is 117 Å². The maximum atomic E-state index is 12.5. The van der Waals surface area contributed by atoms with Crippen LogP contribution < -0.4 is 5.32 Å². The molecule has 1 amide bonds. The van der Waals surface area contributed by atoms with Crippen molar-refractivity contribution in [2.24, 2.45) is 0 Å². The number of nitrogens with one attached hydrogen (secondary N) is 1. The number of hydrogen-bond acceptors (Lipinski definition) is 5. The molecule has 20 heavy (non-hydrogen) atoms. The number of rotatable bonds is 4. The van der Waals surface area contributed by atoms with Gasteiger partial charge in [0.1, 0.15) is 12.1 Å². The van der Waals surface area contributed by atoms with Gasteiger partial charge in [0.05, 0.1) is 11.1 Å². The van der Waals surface area contributed by atoms with E-state index in [4.69, 9.17) is 4.52 Å². The summed E-state index contributed by atoms with van der Waals surface area (Å²) in [4.78, 5) is 12.5. The molecular weight excluding hydrogens is 258 g/mol. The van der Waals surface area contributed by atoms with Crippen molar-refractivity contribution in [1.29, 1.82) is 0 Å². The van der Waals surface area contributed by atoms with Gasteiger partial charge in [-0.15, -0.1) is 10.2 Å². The molecule has 7 nitrogen and oxygen atoms in total. The van der Waals surface area contributed by atoms with Gasteiger partial charge in [0.15, 0.2) is 0 Å². The van der Waals surface area contributed by atoms with Crippen LogP contribution in [0.25, 0.3) is 0 Å². The molecular formula is C13H19N5O2. The lowest BCUT2D eigenvalue weighted by Crippen LogP contribution is -2.36. The molecule has 2 aromatic rings. The van der Waals surface area contributed by atoms with Gasteiger partial charge in [-0.25, -0.2) is 0 Å². The minimum Gasteiger partial charge on any atom is -0.361 e. The quantitative estimate of drug-likeness (QED) is 0.921. The summed E-state index contributed by atoms with van der Waals surface area (Å²) in [5.74, 6) is 0.923. The maximum absolute atomic E-state index is 12.5. The molecule has 0 aliphatic carbocycles. The first-order valence-corrected chi connectivity index (χ1v) is 6.50. The van der Waals surface area contributed by atoms with Crippen LogP contribution in [-0.2, 0) is 16.8 Å². The van der Waals surface area contributed by atoms with Gasteiger partial charge in [-0.1, -0.05) is 5.16 Å². The molecule has 7 heteroatoms. The molecule has 108 valence electrons. The molecule has 0 aromatic carbocycles. The van der Waals surface area contributed by atoms with Gasteiger partial charge in [0, 0.05) is 12.1 Å². The third kappa shape index (κ3) is 2.31. The molecule has 2 heterocycles. The fraction of sp³-hybridized carbons (Fsp3) is 0.538. The van der Waals surface area contributed by atoms with E-state index >= 15 is 0 Å². The van der Waals surface area contributed by atoms with Crippen molar-refractivity contribution >= 4 is 11.9 Å². The monoisotopic (exact) mass is 277 g/mol. The summed E-state index contributed by atoms with van der Waals surface area (Å²) in [6.07, 6.45) is 1.58. The zero-order valence-electron chi connectivity index (χ0n) is 12.4. The number of carbonyl (C=O) groups is 1. The second kappa shape index (κ2) is 5.07. The molecule has 0 saturated carbocycles. The topological polar surface area (TPSA) is 85.8 Å². The Kier molecular flexibility index (Phi) is 3.61. The van der Waals surface area contributed by atoms with Crippen LogP contribution in [0.1, 0.15) is 37.8 Å². The molecule has 0 saturated heterocycles. The molecule has 2 rings (SSSR count). The Hall–Kier alpha value is -2.18. The van der Waals surface area contributed by atoms with Gasteiger partial charge in [-0.2, -0.15) is 0 Å². The van der Waals surface area contributed by atoms with E-state index in [1.165, 1.54) is 0 Å². The van der Waals surface area contributed by atoms with Gasteiger partial charge in [-0.05, 0) is 34.6 Å². The van der Waals surface area contributed by atoms with E-state index in [2.05, 4.69) is 20.7 Å². The zero-order valence-corrected chi connectivity index (χ0v) is 12.4. The van der Waals surface area contributed by atoms with Crippen molar-refractivity contribution in [3.8, 4) is 0 Å². The number of aromatic nitrogens is 4. The number of nitrogens with zero attached hydrogens (tertiary/aromatic N) is 4. The van der Waals surface area contributed by atoms with Crippen molar-refractivity contribution < 1.29 is 9.32 Å². The Morgan fingerprint density at radius 2 is 2.15 bits per heavy atom. The SMILES string of the molecule is CCn1cnnc1NC(=O)C(C)(C)c1c(C)noc1C. The molecule has 0 aliphatic heterocycles. The van der Waals surface area contributed by atoms with E-state index in [1.54, 1.807) is 17.8 Å². The van der Waals surface area contributed by atoms with Gasteiger partial charge in [-0.3, -0.25) is 10.1 Å². The summed E-state index contributed by atoms with van der Waals surface area (Å²) in [6, 6.07) is 0. The molecule has 0 atom stereocenters. The molecule has 0 radical (unpaired) electrons. The van der Waals surface area contributed by atoms with Crippen LogP contribution in [0.3, 0.4) is 0 Å². The maximum Gasteiger partial charge on any atom is 0.237 e. The number of amides is 1. The van der Waals surface area contributed by atoms with Gasteiger partial charge < -0.3 is 9.09 Å². The normalized spacial score (nSPS) is 11.7. The molecule has 0 unspecified atom stereocenters. The van der Waals surface area contributed by atoms with Gasteiger partial charge in [0.25, 0.3) is 0 Å². The first-order valence-electron chi connectivity index (χ1n) is 6.50. The minimum atomic E-state index is -0.765. The van der Waals surface area contributed by atoms with Crippen LogP contribution in [-0.4, -0.2) is 25.8 Å². The number of hydrogen-bond donors (Lipinski definition) is 1. The summed E-state index contributed by atoms with van der Waals surface area (Å²) in [6.45, 7) is 9.95. The van der Waals surface area contributed by atoms with Gasteiger partial charge in [0.2, 0.25) is 11.9 Å². The number of anilines is 1. The van der Waals surface area contributed by atoms with Crippen molar-refractivity contribution in [3.05, 3.63) is 23.3 Å². The highest BCUT2D eigenvalue weighted by molar-refractivity contribution is 5.97. The number of carbonyl (C=O) groups excluding carboxylic acids is 1. The fourth-order valence-electron chi connectivity index (χ4n) is 2.33. The third-order valence-corrected chi connectivity index (χ3v) is 3.41. The van der Waals surface area contributed by atoms with Crippen LogP contribution in [0.5, 0.6) is 0 Å². The summed E-state index contributed by atoms with van der Waals surface area (Å²) >= 11 is 0. The van der Waals surface area contributed by atoms with Crippen LogP contribution in [0.2, 0.25) is 0 Å². The molecule has 0 spiro atoms. The van der Waals surface area contributed by atoms with E-state index in [0.717, 1.165) is 11.3 Å². The lowest BCUT2D eigenvalue weighted by molar-refractivity contribution is -0.120. The predicted molar refractivity (Wildman–Crippen MR) is 73.3 cm³/mol. The smallest absolute Gasteiger partial charge is 0.237 e. The molecule has 0 fully saturated rings. The molecule has 0 aliphatic rings. The summed E-state index contributed by atoms with van der Waals surface area (Å²) in [7, 11) is 0. The number of aryl methyl sites for hydroxylation is 3. The van der Waals surface area contributed by atoms with Crippen molar-refractivity contribution in [2.45, 2.75) is 46.6 Å². The second-order valence-corrected chi connectivity index (χ2v) is 5.22. The Morgan fingerprint density at radius 3 is 2.70 bits per heavy atom. The first kappa shape index (κ1) is 14.2. The van der Waals surface area contributed by atoms with E-state index in [1.807, 2.05) is 27.7 Å². The molecule has 1 N–H and O–H groups in total. The average Bonchev–Trinajstić information content (AvgIpc) is 2.96. The van der Waals surface area contributed by atoms with Crippen LogP contribution >= 0.6 is 0 Å². The zero-order chi connectivity index (χ0) is 14.9. The highest BCUT2D eigenvalue weighted by atomic mass is 16.5. The standard InChI is InChI=1S/C13H19N5O2/c1-6-18-7-14-16-12(18)15-11(19)13(4,5)10-8(2)17-20-9(10)3/h7H,6H2,1-5H3,(H,15,16,19). The lowest BCUT2D eigenvalue weighted by atomic mass is 9.82. The van der Waals surface area contributed by atoms with E-state index < -0.39 is 5.41 Å². The van der Waals surface area contributed by atoms with E-state index in [-0.39, 0.29) is 5.91 Å². The van der Waals surface area contributed by atoms with Gasteiger partial charge >= 0.3 is 0 Å². The second-order valence-electron chi connectivity index (χ2n) is 5.22. The summed E-state index contributed by atoms with van der Waals surface area (Å²) < 4.78 is 6.91. The largest absolute Gasteiger partial charge is 0.361 e. The third-order valence-electron chi connectivity index (χ3n) is 3.41. The Bertz CT molecular complexity index is 607. The Balaban J connectivity index is 2.28. The van der Waals surface area contributed by atoms with Crippen LogP contribution in [0.4, 0.5) is 5.95 Å². The average molecular weight is 277 g/mol. The molecule has 2 aromatic heterocycles. The van der Waals surface area contributed by atoms with Crippen molar-refractivity contribution in [1.82, 2.24) is 19.9 Å². The van der Waals surface area contributed by atoms with Crippen molar-refractivity contribution in [3.63, 3.8) is 0 Å². The van der Waals surface area contributed by atoms with E-state index in [9.17, 15) is 4.79 Å². The van der Waals surface area contributed by atoms with E-state index in [0.29, 0.717) is 18.3 Å². The van der Waals surface area contributed by atoms with Crippen molar-refractivity contribution in [2.75, 3.05) is 5.32 Å². The minimum absolute atomic E-state index is 0.172. The lowest BCUT2D eigenvalue weighted by Gasteiger charge is -2.23. The highest BCUT2D eigenvalue weighted by Gasteiger charge is 2.36.